The maximum absolute atomic E-state index is 13.4. The van der Waals surface area contributed by atoms with Crippen LogP contribution in [0.5, 0.6) is 0 Å². The van der Waals surface area contributed by atoms with Gasteiger partial charge in [-0.1, -0.05) is 66.7 Å². The van der Waals surface area contributed by atoms with Crippen molar-refractivity contribution in [3.63, 3.8) is 0 Å². The second-order valence-electron chi connectivity index (χ2n) is 9.94. The predicted molar refractivity (Wildman–Crippen MR) is 165 cm³/mol. The van der Waals surface area contributed by atoms with Gasteiger partial charge in [0, 0.05) is 36.5 Å². The molecule has 216 valence electrons. The number of aryl methyl sites for hydroxylation is 1. The van der Waals surface area contributed by atoms with E-state index in [1.54, 1.807) is 18.2 Å². The summed E-state index contributed by atoms with van der Waals surface area (Å²) in [5.74, 6) is -1.24. The second kappa shape index (κ2) is 16.0. The maximum atomic E-state index is 13.4. The van der Waals surface area contributed by atoms with E-state index in [1.165, 1.54) is 17.8 Å². The Morgan fingerprint density at radius 2 is 1.58 bits per heavy atom. The molecule has 0 unspecified atom stereocenters. The number of benzene rings is 4. The molecule has 1 amide bonds. The number of carboxylic acids is 1. The summed E-state index contributed by atoms with van der Waals surface area (Å²) in [6, 6.07) is 28.4. The van der Waals surface area contributed by atoms with E-state index >= 15 is 0 Å². The zero-order valence-electron chi connectivity index (χ0n) is 24.5. The first kappa shape index (κ1) is 33.5. The Morgan fingerprint density at radius 1 is 0.884 bits per heavy atom. The summed E-state index contributed by atoms with van der Waals surface area (Å²) in [5.41, 5.74) is 5.45. The quantitative estimate of drug-likeness (QED) is 0.145. The number of aliphatic carboxylic acids is 1. The zero-order chi connectivity index (χ0) is 30.1. The molecule has 0 aliphatic rings. The number of rotatable bonds is 13. The number of nitro benzene ring substituents is 1. The van der Waals surface area contributed by atoms with E-state index in [9.17, 15) is 24.8 Å². The van der Waals surface area contributed by atoms with Crippen LogP contribution in [-0.2, 0) is 17.9 Å². The number of nitrogens with zero attached hydrogens (tertiary/aromatic N) is 2. The molecule has 4 aromatic rings. The van der Waals surface area contributed by atoms with Gasteiger partial charge in [0.25, 0.3) is 11.6 Å². The fourth-order valence-electron chi connectivity index (χ4n) is 4.77. The molecule has 4 rings (SSSR count). The fourth-order valence-corrected chi connectivity index (χ4v) is 5.24. The van der Waals surface area contributed by atoms with E-state index in [-0.39, 0.29) is 31.0 Å². The minimum atomic E-state index is -1.32. The Bertz CT molecular complexity index is 1570. The molecule has 0 aliphatic carbocycles. The Balaban J connectivity index is 0.00000506. The molecule has 0 bridgehead atoms. The van der Waals surface area contributed by atoms with Gasteiger partial charge in [0.05, 0.1) is 16.9 Å². The number of hydrogen-bond acceptors (Lipinski definition) is 7. The number of non-ortho nitro benzene ring substituents is 1. The van der Waals surface area contributed by atoms with Crippen molar-refractivity contribution in [3.05, 3.63) is 129 Å². The Hall–Kier alpha value is -4.03. The normalized spacial score (nSPS) is 11.2. The Morgan fingerprint density at radius 3 is 2.26 bits per heavy atom. The van der Waals surface area contributed by atoms with Gasteiger partial charge < -0.3 is 20.1 Å². The number of carboxylic acid groups (broad SMARTS) is 1. The van der Waals surface area contributed by atoms with Crippen LogP contribution in [-0.4, -0.2) is 34.9 Å². The van der Waals surface area contributed by atoms with Crippen LogP contribution in [0, 0.1) is 17.0 Å². The molecule has 0 aromatic heterocycles. The van der Waals surface area contributed by atoms with E-state index in [4.69, 9.17) is 0 Å². The molecule has 0 heterocycles. The van der Waals surface area contributed by atoms with Gasteiger partial charge in [-0.2, -0.15) is 11.8 Å². The van der Waals surface area contributed by atoms with Gasteiger partial charge in [0.2, 0.25) is 0 Å². The molecule has 0 saturated heterocycles. The molecule has 0 aliphatic heterocycles. The van der Waals surface area contributed by atoms with Crippen LogP contribution in [0.1, 0.15) is 33.5 Å². The Labute approximate surface area is 267 Å². The average Bonchev–Trinajstić information content (AvgIpc) is 2.99. The molecular formula is C33H32LiN3O5S. The molecule has 4 aromatic carbocycles. The van der Waals surface area contributed by atoms with E-state index in [2.05, 4.69) is 5.32 Å². The van der Waals surface area contributed by atoms with E-state index < -0.39 is 22.8 Å². The van der Waals surface area contributed by atoms with Gasteiger partial charge in [-0.05, 0) is 71.4 Å². The first-order valence-electron chi connectivity index (χ1n) is 13.5. The molecule has 0 spiro atoms. The number of nitrogens with one attached hydrogen (secondary N) is 1. The van der Waals surface area contributed by atoms with Crippen LogP contribution < -0.4 is 34.2 Å². The summed E-state index contributed by atoms with van der Waals surface area (Å²) < 4.78 is 0. The minimum absolute atomic E-state index is 0. The van der Waals surface area contributed by atoms with Crippen molar-refractivity contribution in [2.45, 2.75) is 32.5 Å². The molecule has 1 N–H and O–H groups in total. The summed E-state index contributed by atoms with van der Waals surface area (Å²) in [6.45, 7) is 2.87. The number of amides is 1. The topological polar surface area (TPSA) is 116 Å². The Kier molecular flexibility index (Phi) is 12.4. The van der Waals surface area contributed by atoms with Crippen molar-refractivity contribution in [2.24, 2.45) is 0 Å². The van der Waals surface area contributed by atoms with Crippen LogP contribution in [0.2, 0.25) is 0 Å². The van der Waals surface area contributed by atoms with Gasteiger partial charge in [0.1, 0.15) is 0 Å². The van der Waals surface area contributed by atoms with Gasteiger partial charge in [-0.15, -0.1) is 0 Å². The SMILES string of the molecule is CSCC[C@H](NC(=O)c1ccc(CN(Cc2ccccc2)c2cccc([N+](=O)[O-])c2)cc1-c1ccccc1C)C(=O)[O-].[Li+]. The van der Waals surface area contributed by atoms with Gasteiger partial charge in [0.15, 0.2) is 0 Å². The number of nitro groups is 1. The first-order valence-corrected chi connectivity index (χ1v) is 14.9. The second-order valence-corrected chi connectivity index (χ2v) is 10.9. The van der Waals surface area contributed by atoms with Gasteiger partial charge >= 0.3 is 18.9 Å². The molecule has 1 atom stereocenters. The van der Waals surface area contributed by atoms with Crippen LogP contribution in [0.15, 0.2) is 97.1 Å². The predicted octanol–water partition coefficient (Wildman–Crippen LogP) is 2.38. The number of thioether (sulfide) groups is 1. The molecule has 10 heteroatoms. The van der Waals surface area contributed by atoms with Crippen molar-refractivity contribution in [3.8, 4) is 11.1 Å². The third kappa shape index (κ3) is 8.98. The number of carbonyl (C=O) groups is 2. The summed E-state index contributed by atoms with van der Waals surface area (Å²) in [5, 5.41) is 25.9. The minimum Gasteiger partial charge on any atom is -0.548 e. The summed E-state index contributed by atoms with van der Waals surface area (Å²) in [7, 11) is 0. The van der Waals surface area contributed by atoms with Crippen molar-refractivity contribution in [1.82, 2.24) is 5.32 Å². The van der Waals surface area contributed by atoms with Crippen molar-refractivity contribution in [1.29, 1.82) is 0 Å². The average molecular weight is 590 g/mol. The van der Waals surface area contributed by atoms with Gasteiger partial charge in [-0.3, -0.25) is 14.9 Å². The molecule has 43 heavy (non-hydrogen) atoms. The zero-order valence-corrected chi connectivity index (χ0v) is 25.3. The van der Waals surface area contributed by atoms with Crippen LogP contribution in [0.25, 0.3) is 11.1 Å². The summed E-state index contributed by atoms with van der Waals surface area (Å²) in [4.78, 5) is 38.3. The maximum Gasteiger partial charge on any atom is 1.00 e. The number of carbonyl (C=O) groups excluding carboxylic acids is 2. The van der Waals surface area contributed by atoms with E-state index in [0.717, 1.165) is 22.3 Å². The van der Waals surface area contributed by atoms with Crippen LogP contribution >= 0.6 is 11.8 Å². The first-order chi connectivity index (χ1) is 20.3. The molecular weight excluding hydrogens is 557 g/mol. The molecule has 0 saturated carbocycles. The van der Waals surface area contributed by atoms with Crippen molar-refractivity contribution in [2.75, 3.05) is 16.9 Å². The molecule has 8 nitrogen and oxygen atoms in total. The van der Waals surface area contributed by atoms with Crippen LogP contribution in [0.4, 0.5) is 11.4 Å². The molecule has 0 fully saturated rings. The van der Waals surface area contributed by atoms with Crippen molar-refractivity contribution >= 4 is 35.0 Å². The van der Waals surface area contributed by atoms with Crippen molar-refractivity contribution < 1.29 is 38.5 Å². The monoisotopic (exact) mass is 589 g/mol. The van der Waals surface area contributed by atoms with E-state index in [1.807, 2.05) is 90.9 Å². The third-order valence-corrected chi connectivity index (χ3v) is 7.60. The summed E-state index contributed by atoms with van der Waals surface area (Å²) in [6.07, 6.45) is 2.13. The largest absolute Gasteiger partial charge is 1.00 e. The van der Waals surface area contributed by atoms with E-state index in [0.29, 0.717) is 35.7 Å². The number of anilines is 1. The fraction of sp³-hybridized carbons (Fsp3) is 0.212. The van der Waals surface area contributed by atoms with Gasteiger partial charge in [-0.25, -0.2) is 0 Å². The third-order valence-electron chi connectivity index (χ3n) is 6.96. The standard InChI is InChI=1S/C33H33N3O5S.Li/c1-23-9-6-7-14-28(23)30-19-25(15-16-29(30)32(37)34-31(33(38)39)17-18-42-2)22-35(21-24-10-4-3-5-11-24)26-12-8-13-27(20-26)36(40)41;/h3-16,19-20,31H,17-18,21-22H2,1-2H3,(H,34,37)(H,38,39);/q;+1/p-1/t31-;/m0./s1. The molecule has 0 radical (unpaired) electrons. The van der Waals surface area contributed by atoms with Crippen LogP contribution in [0.3, 0.4) is 0 Å². The smallest absolute Gasteiger partial charge is 0.548 e. The summed E-state index contributed by atoms with van der Waals surface area (Å²) >= 11 is 1.50. The number of hydrogen-bond donors (Lipinski definition) is 1.